The summed E-state index contributed by atoms with van der Waals surface area (Å²) in [6, 6.07) is 5.26. The van der Waals surface area contributed by atoms with Gasteiger partial charge in [0.15, 0.2) is 0 Å². The van der Waals surface area contributed by atoms with Gasteiger partial charge in [-0.05, 0) is 44.0 Å². The summed E-state index contributed by atoms with van der Waals surface area (Å²) in [5.74, 6) is 0.867. The lowest BCUT2D eigenvalue weighted by atomic mass is 9.98. The van der Waals surface area contributed by atoms with Crippen molar-refractivity contribution in [3.8, 4) is 11.5 Å². The zero-order valence-corrected chi connectivity index (χ0v) is 13.2. The normalized spacial score (nSPS) is 15.9. The lowest BCUT2D eigenvalue weighted by Gasteiger charge is -2.30. The van der Waals surface area contributed by atoms with Crippen molar-refractivity contribution in [2.75, 3.05) is 38.7 Å². The molecule has 1 fully saturated rings. The Morgan fingerprint density at radius 2 is 2.17 bits per heavy atom. The first kappa shape index (κ1) is 17.1. The summed E-state index contributed by atoms with van der Waals surface area (Å²) in [6.07, 6.45) is 2.45. The van der Waals surface area contributed by atoms with Crippen molar-refractivity contribution in [2.45, 2.75) is 12.8 Å². The van der Waals surface area contributed by atoms with Gasteiger partial charge in [-0.3, -0.25) is 14.5 Å². The maximum Gasteiger partial charge on any atom is 0.317 e. The number of hydrogen-bond acceptors (Lipinski definition) is 5. The SMILES string of the molecule is COc1cc(OCC2CCN(CC(=O)O)CC2)ccc1NC=O. The molecule has 1 saturated heterocycles. The molecule has 1 aliphatic heterocycles. The third kappa shape index (κ3) is 5.14. The molecule has 1 aromatic rings. The molecule has 1 aliphatic rings. The van der Waals surface area contributed by atoms with E-state index >= 15 is 0 Å². The largest absolute Gasteiger partial charge is 0.494 e. The van der Waals surface area contributed by atoms with Crippen LogP contribution in [0.4, 0.5) is 5.69 Å². The molecule has 1 heterocycles. The molecule has 0 unspecified atom stereocenters. The molecular formula is C16H22N2O5. The molecule has 7 heteroatoms. The van der Waals surface area contributed by atoms with Crippen LogP contribution < -0.4 is 14.8 Å². The van der Waals surface area contributed by atoms with Crippen LogP contribution in [0.5, 0.6) is 11.5 Å². The Labute approximate surface area is 135 Å². The Bertz CT molecular complexity index is 541. The Kier molecular flexibility index (Phi) is 6.22. The topological polar surface area (TPSA) is 88.1 Å². The second-order valence-corrected chi connectivity index (χ2v) is 5.55. The number of carboxylic acids is 1. The van der Waals surface area contributed by atoms with Crippen molar-refractivity contribution in [3.63, 3.8) is 0 Å². The Morgan fingerprint density at radius 3 is 2.78 bits per heavy atom. The maximum atomic E-state index is 10.7. The van der Waals surface area contributed by atoms with E-state index in [1.807, 2.05) is 4.90 Å². The first-order chi connectivity index (χ1) is 11.1. The zero-order valence-electron chi connectivity index (χ0n) is 13.2. The minimum absolute atomic E-state index is 0.107. The smallest absolute Gasteiger partial charge is 0.317 e. The lowest BCUT2D eigenvalue weighted by Crippen LogP contribution is -2.38. The van der Waals surface area contributed by atoms with Gasteiger partial charge >= 0.3 is 5.97 Å². The lowest BCUT2D eigenvalue weighted by molar-refractivity contribution is -0.138. The first-order valence-electron chi connectivity index (χ1n) is 7.57. The highest BCUT2D eigenvalue weighted by Crippen LogP contribution is 2.29. The van der Waals surface area contributed by atoms with Gasteiger partial charge in [0.2, 0.25) is 6.41 Å². The van der Waals surface area contributed by atoms with Crippen LogP contribution >= 0.6 is 0 Å². The molecule has 0 bridgehead atoms. The summed E-state index contributed by atoms with van der Waals surface area (Å²) < 4.78 is 11.0. The van der Waals surface area contributed by atoms with Gasteiger partial charge in [0.1, 0.15) is 11.5 Å². The number of carbonyl (C=O) groups is 2. The minimum Gasteiger partial charge on any atom is -0.494 e. The van der Waals surface area contributed by atoms with Gasteiger partial charge in [-0.25, -0.2) is 0 Å². The number of rotatable bonds is 8. The second-order valence-electron chi connectivity index (χ2n) is 5.55. The molecule has 0 saturated carbocycles. The number of methoxy groups -OCH3 is 1. The Morgan fingerprint density at radius 1 is 1.43 bits per heavy atom. The summed E-state index contributed by atoms with van der Waals surface area (Å²) in [7, 11) is 1.53. The molecule has 2 N–H and O–H groups in total. The van der Waals surface area contributed by atoms with Gasteiger partial charge in [-0.15, -0.1) is 0 Å². The third-order valence-corrected chi connectivity index (χ3v) is 3.94. The highest BCUT2D eigenvalue weighted by atomic mass is 16.5. The molecule has 7 nitrogen and oxygen atoms in total. The fraction of sp³-hybridized carbons (Fsp3) is 0.500. The number of hydrogen-bond donors (Lipinski definition) is 2. The number of carboxylic acid groups (broad SMARTS) is 1. The van der Waals surface area contributed by atoms with Gasteiger partial charge in [0, 0.05) is 6.07 Å². The van der Waals surface area contributed by atoms with Crippen LogP contribution in [0, 0.1) is 5.92 Å². The average Bonchev–Trinajstić information content (AvgIpc) is 2.55. The standard InChI is InChI=1S/C16H22N2O5/c1-22-15-8-13(2-3-14(15)17-11-19)23-10-12-4-6-18(7-5-12)9-16(20)21/h2-3,8,11-12H,4-7,9-10H2,1H3,(H,17,19)(H,20,21). The molecule has 23 heavy (non-hydrogen) atoms. The van der Waals surface area contributed by atoms with Crippen LogP contribution in [0.25, 0.3) is 0 Å². The number of amides is 1. The highest BCUT2D eigenvalue weighted by Gasteiger charge is 2.21. The highest BCUT2D eigenvalue weighted by molar-refractivity contribution is 5.76. The van der Waals surface area contributed by atoms with E-state index in [0.29, 0.717) is 36.1 Å². The van der Waals surface area contributed by atoms with Crippen molar-refractivity contribution in [3.05, 3.63) is 18.2 Å². The quantitative estimate of drug-likeness (QED) is 0.704. The van der Waals surface area contributed by atoms with Crippen LogP contribution in [0.2, 0.25) is 0 Å². The van der Waals surface area contributed by atoms with Gasteiger partial charge in [0.25, 0.3) is 0 Å². The molecule has 0 aromatic heterocycles. The average molecular weight is 322 g/mol. The number of benzene rings is 1. The van der Waals surface area contributed by atoms with Crippen molar-refractivity contribution in [1.29, 1.82) is 0 Å². The number of aliphatic carboxylic acids is 1. The van der Waals surface area contributed by atoms with E-state index in [1.54, 1.807) is 18.2 Å². The summed E-state index contributed by atoms with van der Waals surface area (Å²) in [4.78, 5) is 23.1. The number of nitrogens with zero attached hydrogens (tertiary/aromatic N) is 1. The molecule has 0 spiro atoms. The number of likely N-dealkylation sites (tertiary alicyclic amines) is 1. The van der Waals surface area contributed by atoms with E-state index in [4.69, 9.17) is 14.6 Å². The fourth-order valence-electron chi connectivity index (χ4n) is 2.66. The van der Waals surface area contributed by atoms with Crippen molar-refractivity contribution >= 4 is 18.1 Å². The number of anilines is 1. The number of ether oxygens (including phenoxy) is 2. The van der Waals surface area contributed by atoms with E-state index in [1.165, 1.54) is 7.11 Å². The molecule has 126 valence electrons. The van der Waals surface area contributed by atoms with E-state index in [-0.39, 0.29) is 6.54 Å². The summed E-state index contributed by atoms with van der Waals surface area (Å²) in [5, 5.41) is 11.4. The van der Waals surface area contributed by atoms with Crippen molar-refractivity contribution in [2.24, 2.45) is 5.92 Å². The molecule has 0 radical (unpaired) electrons. The zero-order chi connectivity index (χ0) is 16.7. The van der Waals surface area contributed by atoms with Crippen LogP contribution in [0.3, 0.4) is 0 Å². The van der Waals surface area contributed by atoms with E-state index in [9.17, 15) is 9.59 Å². The van der Waals surface area contributed by atoms with Crippen LogP contribution in [-0.2, 0) is 9.59 Å². The number of nitrogens with one attached hydrogen (secondary N) is 1. The molecular weight excluding hydrogens is 300 g/mol. The van der Waals surface area contributed by atoms with Crippen LogP contribution in [0.15, 0.2) is 18.2 Å². The fourth-order valence-corrected chi connectivity index (χ4v) is 2.66. The third-order valence-electron chi connectivity index (χ3n) is 3.94. The maximum absolute atomic E-state index is 10.7. The molecule has 1 amide bonds. The van der Waals surface area contributed by atoms with E-state index in [0.717, 1.165) is 25.9 Å². The van der Waals surface area contributed by atoms with E-state index in [2.05, 4.69) is 5.32 Å². The van der Waals surface area contributed by atoms with Crippen LogP contribution in [0.1, 0.15) is 12.8 Å². The number of carbonyl (C=O) groups excluding carboxylic acids is 1. The van der Waals surface area contributed by atoms with Gasteiger partial charge in [0.05, 0.1) is 25.9 Å². The van der Waals surface area contributed by atoms with Gasteiger partial charge in [-0.2, -0.15) is 0 Å². The Hall–Kier alpha value is -2.28. The summed E-state index contributed by atoms with van der Waals surface area (Å²) in [5.41, 5.74) is 0.594. The predicted octanol–water partition coefficient (Wildman–Crippen LogP) is 1.44. The number of piperidine rings is 1. The monoisotopic (exact) mass is 322 g/mol. The summed E-state index contributed by atoms with van der Waals surface area (Å²) >= 11 is 0. The van der Waals surface area contributed by atoms with Crippen LogP contribution in [-0.4, -0.2) is 55.7 Å². The van der Waals surface area contributed by atoms with Gasteiger partial charge in [-0.1, -0.05) is 0 Å². The Balaban J connectivity index is 1.82. The second kappa shape index (κ2) is 8.38. The van der Waals surface area contributed by atoms with Gasteiger partial charge < -0.3 is 19.9 Å². The molecule has 2 rings (SSSR count). The van der Waals surface area contributed by atoms with Crippen molar-refractivity contribution < 1.29 is 24.2 Å². The molecule has 0 aliphatic carbocycles. The molecule has 0 atom stereocenters. The van der Waals surface area contributed by atoms with Crippen molar-refractivity contribution in [1.82, 2.24) is 4.90 Å². The minimum atomic E-state index is -0.782. The predicted molar refractivity (Wildman–Crippen MR) is 85.0 cm³/mol. The molecule has 1 aromatic carbocycles. The van der Waals surface area contributed by atoms with E-state index < -0.39 is 5.97 Å². The summed E-state index contributed by atoms with van der Waals surface area (Å²) in [6.45, 7) is 2.26. The first-order valence-corrected chi connectivity index (χ1v) is 7.57.